The fraction of sp³-hybridized carbons (Fsp3) is 0.500. The fourth-order valence-electron chi connectivity index (χ4n) is 1.63. The molecule has 0 spiro atoms. The number of nitrogens with zero attached hydrogens (tertiary/aromatic N) is 1. The molecule has 7 heteroatoms. The Morgan fingerprint density at radius 1 is 1.47 bits per heavy atom. The van der Waals surface area contributed by atoms with Crippen LogP contribution in [0.1, 0.15) is 5.56 Å². The molecule has 0 aliphatic rings. The van der Waals surface area contributed by atoms with Gasteiger partial charge in [0, 0.05) is 20.7 Å². The first-order valence-electron chi connectivity index (χ1n) is 5.64. The molecule has 0 fully saturated rings. The van der Waals surface area contributed by atoms with Gasteiger partial charge in [0.05, 0.1) is 16.9 Å². The molecule has 1 atom stereocenters. The maximum absolute atomic E-state index is 13.2. The number of ether oxygens (including phenoxy) is 1. The summed E-state index contributed by atoms with van der Waals surface area (Å²) < 4.78 is 43.8. The van der Waals surface area contributed by atoms with Crippen LogP contribution in [0.5, 0.6) is 0 Å². The summed E-state index contributed by atoms with van der Waals surface area (Å²) >= 11 is 5.94. The Bertz CT molecular complexity index is 536. The van der Waals surface area contributed by atoms with Crippen LogP contribution in [0.3, 0.4) is 0 Å². The lowest BCUT2D eigenvalue weighted by atomic mass is 10.2. The van der Waals surface area contributed by atoms with Gasteiger partial charge < -0.3 is 4.74 Å². The average molecular weight is 310 g/mol. The summed E-state index contributed by atoms with van der Waals surface area (Å²) in [4.78, 5) is -0.0451. The van der Waals surface area contributed by atoms with Gasteiger partial charge in [-0.15, -0.1) is 11.6 Å². The zero-order chi connectivity index (χ0) is 14.6. The lowest BCUT2D eigenvalue weighted by molar-refractivity contribution is 0.192. The first-order chi connectivity index (χ1) is 8.78. The molecular formula is C12H17ClFNO3S. The lowest BCUT2D eigenvalue weighted by Gasteiger charge is -2.20. The van der Waals surface area contributed by atoms with Crippen molar-refractivity contribution in [3.63, 3.8) is 0 Å². The molecule has 0 aliphatic carbocycles. The number of rotatable bonds is 6. The molecule has 19 heavy (non-hydrogen) atoms. The molecule has 0 radical (unpaired) electrons. The Labute approximate surface area is 118 Å². The van der Waals surface area contributed by atoms with Gasteiger partial charge in [-0.05, 0) is 24.6 Å². The number of aryl methyl sites for hydroxylation is 1. The second kappa shape index (κ2) is 6.65. The highest BCUT2D eigenvalue weighted by Crippen LogP contribution is 2.20. The normalized spacial score (nSPS) is 13.8. The van der Waals surface area contributed by atoms with Crippen LogP contribution in [-0.2, 0) is 14.8 Å². The van der Waals surface area contributed by atoms with Crippen molar-refractivity contribution >= 4 is 21.6 Å². The van der Waals surface area contributed by atoms with Crippen LogP contribution in [0.25, 0.3) is 0 Å². The molecule has 0 bridgehead atoms. The van der Waals surface area contributed by atoms with E-state index in [1.54, 1.807) is 6.92 Å². The minimum atomic E-state index is -3.75. The molecule has 0 heterocycles. The minimum absolute atomic E-state index is 0.0451. The van der Waals surface area contributed by atoms with Gasteiger partial charge in [0.15, 0.2) is 0 Å². The summed E-state index contributed by atoms with van der Waals surface area (Å²) in [6.45, 7) is 1.95. The third kappa shape index (κ3) is 4.14. The Kier molecular flexibility index (Phi) is 5.73. The highest BCUT2D eigenvalue weighted by atomic mass is 35.5. The summed E-state index contributed by atoms with van der Waals surface area (Å²) in [5, 5.41) is -0.460. The highest BCUT2D eigenvalue weighted by molar-refractivity contribution is 7.89. The van der Waals surface area contributed by atoms with E-state index in [2.05, 4.69) is 0 Å². The standard InChI is InChI=1S/C12H17ClFNO3S/c1-9-4-5-11(14)6-12(9)19(16,17)15(2)7-10(13)8-18-3/h4-6,10H,7-8H2,1-3H3. The highest BCUT2D eigenvalue weighted by Gasteiger charge is 2.25. The van der Waals surface area contributed by atoms with Gasteiger partial charge in [0.1, 0.15) is 5.82 Å². The Hall–Kier alpha value is -0.690. The van der Waals surface area contributed by atoms with Gasteiger partial charge in [0.2, 0.25) is 10.0 Å². The van der Waals surface area contributed by atoms with Crippen LogP contribution in [-0.4, -0.2) is 45.4 Å². The van der Waals surface area contributed by atoms with Crippen LogP contribution in [0.4, 0.5) is 4.39 Å². The van der Waals surface area contributed by atoms with Crippen molar-refractivity contribution in [2.45, 2.75) is 17.2 Å². The van der Waals surface area contributed by atoms with Gasteiger partial charge in [-0.2, -0.15) is 4.31 Å². The molecule has 0 saturated heterocycles. The predicted octanol–water partition coefficient (Wildman–Crippen LogP) is 2.01. The van der Waals surface area contributed by atoms with Crippen molar-refractivity contribution in [3.8, 4) is 0 Å². The van der Waals surface area contributed by atoms with Crippen LogP contribution < -0.4 is 0 Å². The minimum Gasteiger partial charge on any atom is -0.383 e. The van der Waals surface area contributed by atoms with Crippen molar-refractivity contribution in [2.24, 2.45) is 0 Å². The zero-order valence-electron chi connectivity index (χ0n) is 11.1. The molecule has 0 aliphatic heterocycles. The SMILES string of the molecule is COCC(Cl)CN(C)S(=O)(=O)c1cc(F)ccc1C. The molecule has 0 N–H and O–H groups in total. The van der Waals surface area contributed by atoms with Crippen molar-refractivity contribution in [1.29, 1.82) is 0 Å². The summed E-state index contributed by atoms with van der Waals surface area (Å²) in [7, 11) is -0.858. The van der Waals surface area contributed by atoms with Gasteiger partial charge in [0.25, 0.3) is 0 Å². The Morgan fingerprint density at radius 3 is 2.68 bits per heavy atom. The van der Waals surface area contributed by atoms with E-state index in [1.807, 2.05) is 0 Å². The van der Waals surface area contributed by atoms with E-state index < -0.39 is 21.2 Å². The largest absolute Gasteiger partial charge is 0.383 e. The van der Waals surface area contributed by atoms with E-state index in [9.17, 15) is 12.8 Å². The van der Waals surface area contributed by atoms with Gasteiger partial charge >= 0.3 is 0 Å². The van der Waals surface area contributed by atoms with E-state index in [-0.39, 0.29) is 18.0 Å². The number of methoxy groups -OCH3 is 1. The Morgan fingerprint density at radius 2 is 2.11 bits per heavy atom. The molecule has 1 aromatic carbocycles. The summed E-state index contributed by atoms with van der Waals surface area (Å²) in [6, 6.07) is 3.67. The number of hydrogen-bond acceptors (Lipinski definition) is 3. The number of benzene rings is 1. The molecule has 0 aromatic heterocycles. The first-order valence-corrected chi connectivity index (χ1v) is 7.52. The topological polar surface area (TPSA) is 46.6 Å². The summed E-state index contributed by atoms with van der Waals surface area (Å²) in [5.74, 6) is -0.586. The maximum Gasteiger partial charge on any atom is 0.243 e. The molecule has 1 rings (SSSR count). The zero-order valence-corrected chi connectivity index (χ0v) is 12.6. The van der Waals surface area contributed by atoms with Crippen molar-refractivity contribution in [3.05, 3.63) is 29.6 Å². The third-order valence-electron chi connectivity index (χ3n) is 2.64. The van der Waals surface area contributed by atoms with E-state index in [0.717, 1.165) is 10.4 Å². The van der Waals surface area contributed by atoms with Crippen LogP contribution in [0.15, 0.2) is 23.1 Å². The molecular weight excluding hydrogens is 293 g/mol. The molecule has 1 aromatic rings. The number of hydrogen-bond donors (Lipinski definition) is 0. The molecule has 1 unspecified atom stereocenters. The first kappa shape index (κ1) is 16.4. The fourth-order valence-corrected chi connectivity index (χ4v) is 3.49. The van der Waals surface area contributed by atoms with Gasteiger partial charge in [-0.25, -0.2) is 12.8 Å². The quantitative estimate of drug-likeness (QED) is 0.755. The number of halogens is 2. The predicted molar refractivity (Wildman–Crippen MR) is 72.5 cm³/mol. The van der Waals surface area contributed by atoms with E-state index in [4.69, 9.17) is 16.3 Å². The van der Waals surface area contributed by atoms with Crippen LogP contribution in [0, 0.1) is 12.7 Å². The Balaban J connectivity index is 3.00. The monoisotopic (exact) mass is 309 g/mol. The number of alkyl halides is 1. The number of sulfonamides is 1. The van der Waals surface area contributed by atoms with Crippen molar-refractivity contribution in [1.82, 2.24) is 4.31 Å². The van der Waals surface area contributed by atoms with E-state index in [0.29, 0.717) is 5.56 Å². The van der Waals surface area contributed by atoms with Crippen molar-refractivity contribution < 1.29 is 17.5 Å². The second-order valence-corrected chi connectivity index (χ2v) is 6.88. The van der Waals surface area contributed by atoms with Crippen LogP contribution in [0.2, 0.25) is 0 Å². The van der Waals surface area contributed by atoms with Gasteiger partial charge in [-0.3, -0.25) is 0 Å². The summed E-state index contributed by atoms with van der Waals surface area (Å²) in [6.07, 6.45) is 0. The molecule has 0 saturated carbocycles. The summed E-state index contributed by atoms with van der Waals surface area (Å²) in [5.41, 5.74) is 0.492. The van der Waals surface area contributed by atoms with E-state index in [1.165, 1.54) is 26.3 Å². The molecule has 0 amide bonds. The average Bonchev–Trinajstić information content (AvgIpc) is 2.32. The maximum atomic E-state index is 13.2. The second-order valence-electron chi connectivity index (χ2n) is 4.25. The van der Waals surface area contributed by atoms with Gasteiger partial charge in [-0.1, -0.05) is 6.07 Å². The smallest absolute Gasteiger partial charge is 0.243 e. The lowest BCUT2D eigenvalue weighted by Crippen LogP contribution is -2.34. The molecule has 4 nitrogen and oxygen atoms in total. The molecule has 108 valence electrons. The van der Waals surface area contributed by atoms with E-state index >= 15 is 0 Å². The van der Waals surface area contributed by atoms with Crippen molar-refractivity contribution in [2.75, 3.05) is 27.3 Å². The van der Waals surface area contributed by atoms with Crippen LogP contribution >= 0.6 is 11.6 Å². The third-order valence-corrected chi connectivity index (χ3v) is 4.87.